The van der Waals surface area contributed by atoms with E-state index in [0.29, 0.717) is 29.3 Å². The largest absolute Gasteiger partial charge is 0.497 e. The molecule has 8 heteroatoms. The molecule has 0 spiro atoms. The molecule has 0 saturated carbocycles. The van der Waals surface area contributed by atoms with Crippen LogP contribution in [0.2, 0.25) is 0 Å². The van der Waals surface area contributed by atoms with Crippen molar-refractivity contribution >= 4 is 5.91 Å². The SMILES string of the molecule is COc1ccc(-c2cc(=O)n(CCNC(=O)c3cc(OC)cc(OC)c3)cn2)cc1. The van der Waals surface area contributed by atoms with Crippen molar-refractivity contribution < 1.29 is 19.0 Å². The van der Waals surface area contributed by atoms with E-state index in [2.05, 4.69) is 10.3 Å². The summed E-state index contributed by atoms with van der Waals surface area (Å²) in [5, 5.41) is 2.78. The molecule has 0 unspecified atom stereocenters. The number of carbonyl (C=O) groups is 1. The van der Waals surface area contributed by atoms with Crippen LogP contribution in [-0.4, -0.2) is 43.3 Å². The van der Waals surface area contributed by atoms with Crippen LogP contribution >= 0.6 is 0 Å². The molecule has 0 fully saturated rings. The predicted molar refractivity (Wildman–Crippen MR) is 112 cm³/mol. The summed E-state index contributed by atoms with van der Waals surface area (Å²) in [4.78, 5) is 29.2. The van der Waals surface area contributed by atoms with Crippen molar-refractivity contribution in [2.45, 2.75) is 6.54 Å². The quantitative estimate of drug-likeness (QED) is 0.614. The first-order chi connectivity index (χ1) is 14.5. The lowest BCUT2D eigenvalue weighted by molar-refractivity contribution is 0.0951. The van der Waals surface area contributed by atoms with Crippen molar-refractivity contribution in [3.63, 3.8) is 0 Å². The molecule has 30 heavy (non-hydrogen) atoms. The molecule has 1 heterocycles. The minimum atomic E-state index is -0.289. The van der Waals surface area contributed by atoms with Gasteiger partial charge < -0.3 is 19.5 Å². The fourth-order valence-corrected chi connectivity index (χ4v) is 2.84. The second kappa shape index (κ2) is 9.60. The van der Waals surface area contributed by atoms with Crippen molar-refractivity contribution in [3.8, 4) is 28.5 Å². The Balaban J connectivity index is 1.63. The summed E-state index contributed by atoms with van der Waals surface area (Å²) < 4.78 is 16.9. The maximum Gasteiger partial charge on any atom is 0.253 e. The number of rotatable bonds is 8. The lowest BCUT2D eigenvalue weighted by atomic mass is 10.1. The van der Waals surface area contributed by atoms with Gasteiger partial charge in [-0.05, 0) is 36.4 Å². The van der Waals surface area contributed by atoms with Gasteiger partial charge in [0.2, 0.25) is 0 Å². The van der Waals surface area contributed by atoms with Crippen molar-refractivity contribution in [3.05, 3.63) is 70.8 Å². The van der Waals surface area contributed by atoms with Crippen LogP contribution in [0.4, 0.5) is 0 Å². The van der Waals surface area contributed by atoms with E-state index < -0.39 is 0 Å². The van der Waals surface area contributed by atoms with Gasteiger partial charge in [-0.3, -0.25) is 14.2 Å². The van der Waals surface area contributed by atoms with Gasteiger partial charge in [-0.15, -0.1) is 0 Å². The fourth-order valence-electron chi connectivity index (χ4n) is 2.84. The molecule has 0 aliphatic heterocycles. The molecule has 1 aromatic heterocycles. The number of ether oxygens (including phenoxy) is 3. The molecule has 1 N–H and O–H groups in total. The van der Waals surface area contributed by atoms with Gasteiger partial charge >= 0.3 is 0 Å². The second-order valence-electron chi connectivity index (χ2n) is 6.39. The maximum absolute atomic E-state index is 12.4. The molecule has 3 aromatic rings. The molecular weight excluding hydrogens is 386 g/mol. The number of aromatic nitrogens is 2. The van der Waals surface area contributed by atoms with Crippen molar-refractivity contribution in [2.75, 3.05) is 27.9 Å². The zero-order chi connectivity index (χ0) is 21.5. The highest BCUT2D eigenvalue weighted by Gasteiger charge is 2.10. The summed E-state index contributed by atoms with van der Waals surface area (Å²) in [6, 6.07) is 13.7. The molecule has 1 amide bonds. The molecule has 3 rings (SSSR count). The third-order valence-electron chi connectivity index (χ3n) is 4.52. The third-order valence-corrected chi connectivity index (χ3v) is 4.52. The molecule has 0 atom stereocenters. The minimum Gasteiger partial charge on any atom is -0.497 e. The van der Waals surface area contributed by atoms with Crippen LogP contribution in [0.15, 0.2) is 59.7 Å². The summed E-state index contributed by atoms with van der Waals surface area (Å²) in [5.74, 6) is 1.49. The first-order valence-corrected chi connectivity index (χ1v) is 9.26. The van der Waals surface area contributed by atoms with Crippen LogP contribution in [0.5, 0.6) is 17.2 Å². The highest BCUT2D eigenvalue weighted by Crippen LogP contribution is 2.22. The number of amides is 1. The maximum atomic E-state index is 12.4. The second-order valence-corrected chi connectivity index (χ2v) is 6.39. The number of carbonyl (C=O) groups excluding carboxylic acids is 1. The first kappa shape index (κ1) is 20.9. The van der Waals surface area contributed by atoms with Gasteiger partial charge in [0.25, 0.3) is 11.5 Å². The first-order valence-electron chi connectivity index (χ1n) is 9.26. The predicted octanol–water partition coefficient (Wildman–Crippen LogP) is 2.37. The Hall–Kier alpha value is -3.81. The van der Waals surface area contributed by atoms with Crippen molar-refractivity contribution in [1.82, 2.24) is 14.9 Å². The summed E-state index contributed by atoms with van der Waals surface area (Å²) >= 11 is 0. The van der Waals surface area contributed by atoms with E-state index in [1.54, 1.807) is 25.3 Å². The Morgan fingerprint density at radius 2 is 1.57 bits per heavy atom. The van der Waals surface area contributed by atoms with E-state index >= 15 is 0 Å². The lowest BCUT2D eigenvalue weighted by Gasteiger charge is -2.10. The van der Waals surface area contributed by atoms with Crippen LogP contribution in [0.3, 0.4) is 0 Å². The van der Waals surface area contributed by atoms with E-state index in [9.17, 15) is 9.59 Å². The monoisotopic (exact) mass is 409 g/mol. The molecule has 0 radical (unpaired) electrons. The Morgan fingerprint density at radius 3 is 2.13 bits per heavy atom. The summed E-state index contributed by atoms with van der Waals surface area (Å²) in [7, 11) is 4.63. The van der Waals surface area contributed by atoms with Crippen LogP contribution in [0.1, 0.15) is 10.4 Å². The minimum absolute atomic E-state index is 0.201. The van der Waals surface area contributed by atoms with Gasteiger partial charge in [-0.25, -0.2) is 4.98 Å². The fraction of sp³-hybridized carbons (Fsp3) is 0.227. The van der Waals surface area contributed by atoms with Crippen molar-refractivity contribution in [1.29, 1.82) is 0 Å². The topological polar surface area (TPSA) is 91.7 Å². The van der Waals surface area contributed by atoms with E-state index in [-0.39, 0.29) is 18.0 Å². The lowest BCUT2D eigenvalue weighted by Crippen LogP contribution is -2.30. The molecular formula is C22H23N3O5. The van der Waals surface area contributed by atoms with Gasteiger partial charge in [-0.1, -0.05) is 0 Å². The zero-order valence-corrected chi connectivity index (χ0v) is 17.0. The third kappa shape index (κ3) is 4.96. The van der Waals surface area contributed by atoms with Crippen LogP contribution in [-0.2, 0) is 6.54 Å². The Kier molecular flexibility index (Phi) is 6.69. The van der Waals surface area contributed by atoms with E-state index in [4.69, 9.17) is 14.2 Å². The molecule has 8 nitrogen and oxygen atoms in total. The number of benzene rings is 2. The highest BCUT2D eigenvalue weighted by molar-refractivity contribution is 5.95. The number of methoxy groups -OCH3 is 3. The number of hydrogen-bond donors (Lipinski definition) is 1. The van der Waals surface area contributed by atoms with Gasteiger partial charge in [0, 0.05) is 36.3 Å². The average Bonchev–Trinajstić information content (AvgIpc) is 2.79. The van der Waals surface area contributed by atoms with Gasteiger partial charge in [0.05, 0.1) is 33.4 Å². The van der Waals surface area contributed by atoms with E-state index in [1.807, 2.05) is 24.3 Å². The molecule has 0 saturated heterocycles. The Morgan fingerprint density at radius 1 is 0.933 bits per heavy atom. The standard InChI is InChI=1S/C22H23N3O5/c1-28-17-6-4-15(5-7-17)20-13-21(26)25(14-24-20)9-8-23-22(27)16-10-18(29-2)12-19(11-16)30-3/h4-7,10-14H,8-9H2,1-3H3,(H,23,27). The van der Waals surface area contributed by atoms with E-state index in [0.717, 1.165) is 11.3 Å². The molecule has 156 valence electrons. The van der Waals surface area contributed by atoms with E-state index in [1.165, 1.54) is 31.2 Å². The molecule has 2 aromatic carbocycles. The number of nitrogens with one attached hydrogen (secondary N) is 1. The van der Waals surface area contributed by atoms with Crippen LogP contribution in [0.25, 0.3) is 11.3 Å². The summed E-state index contributed by atoms with van der Waals surface area (Å²) in [5.41, 5.74) is 1.60. The van der Waals surface area contributed by atoms with Gasteiger partial charge in [0.1, 0.15) is 17.2 Å². The zero-order valence-electron chi connectivity index (χ0n) is 17.0. The summed E-state index contributed by atoms with van der Waals surface area (Å²) in [6.07, 6.45) is 1.47. The van der Waals surface area contributed by atoms with Gasteiger partial charge in [0.15, 0.2) is 0 Å². The smallest absolute Gasteiger partial charge is 0.253 e. The highest BCUT2D eigenvalue weighted by atomic mass is 16.5. The Labute approximate surface area is 174 Å². The van der Waals surface area contributed by atoms with Gasteiger partial charge in [-0.2, -0.15) is 0 Å². The summed E-state index contributed by atoms with van der Waals surface area (Å²) in [6.45, 7) is 0.559. The van der Waals surface area contributed by atoms with Crippen LogP contribution < -0.4 is 25.1 Å². The number of hydrogen-bond acceptors (Lipinski definition) is 6. The Bertz CT molecular complexity index is 1050. The van der Waals surface area contributed by atoms with Crippen LogP contribution in [0, 0.1) is 0 Å². The molecule has 0 aliphatic carbocycles. The molecule has 0 aliphatic rings. The van der Waals surface area contributed by atoms with Crippen molar-refractivity contribution in [2.24, 2.45) is 0 Å². The average molecular weight is 409 g/mol. The molecule has 0 bridgehead atoms. The normalized spacial score (nSPS) is 10.4. The number of nitrogens with zero attached hydrogens (tertiary/aromatic N) is 2.